The second kappa shape index (κ2) is 9.71. The van der Waals surface area contributed by atoms with Crippen molar-refractivity contribution in [3.8, 4) is 0 Å². The van der Waals surface area contributed by atoms with Crippen LogP contribution >= 0.6 is 0 Å². The van der Waals surface area contributed by atoms with Crippen molar-refractivity contribution in [2.75, 3.05) is 6.54 Å². The molecule has 1 atom stereocenters. The highest BCUT2D eigenvalue weighted by Crippen LogP contribution is 2.49. The first-order valence-corrected chi connectivity index (χ1v) is 12.2. The van der Waals surface area contributed by atoms with E-state index in [0.717, 1.165) is 23.1 Å². The minimum Gasteiger partial charge on any atom is -0.327 e. The van der Waals surface area contributed by atoms with Gasteiger partial charge in [0.25, 0.3) is 0 Å². The average molecular weight is 392 g/mol. The van der Waals surface area contributed by atoms with E-state index in [2.05, 4.69) is 62.4 Å². The lowest BCUT2D eigenvalue weighted by Crippen LogP contribution is -2.29. The molecule has 0 aromatic heterocycles. The number of hydrogen-bond donors (Lipinski definition) is 1. The summed E-state index contributed by atoms with van der Waals surface area (Å²) in [7, 11) is 1.14. The first-order chi connectivity index (χ1) is 13.7. The molecule has 150 valence electrons. The quantitative estimate of drug-likeness (QED) is 0.572. The van der Waals surface area contributed by atoms with Gasteiger partial charge in [0.15, 0.2) is 0 Å². The van der Waals surface area contributed by atoms with E-state index in [4.69, 9.17) is 5.73 Å². The van der Waals surface area contributed by atoms with Crippen LogP contribution in [0.1, 0.15) is 69.9 Å². The van der Waals surface area contributed by atoms with E-state index in [-0.39, 0.29) is 5.41 Å². The lowest BCUT2D eigenvalue weighted by Gasteiger charge is -2.37. The van der Waals surface area contributed by atoms with Crippen molar-refractivity contribution in [2.24, 2.45) is 5.73 Å². The summed E-state index contributed by atoms with van der Waals surface area (Å²) < 4.78 is 0. The van der Waals surface area contributed by atoms with E-state index < -0.39 is 0 Å². The third-order valence-corrected chi connectivity index (χ3v) is 7.43. The van der Waals surface area contributed by atoms with E-state index in [0.29, 0.717) is 6.54 Å². The van der Waals surface area contributed by atoms with Crippen LogP contribution in [0.3, 0.4) is 0 Å². The van der Waals surface area contributed by atoms with Gasteiger partial charge in [0.2, 0.25) is 0 Å². The molecule has 2 aliphatic rings. The number of benzene rings is 1. The summed E-state index contributed by atoms with van der Waals surface area (Å²) in [5, 5.41) is 1.67. The fraction of sp³-hybridized carbons (Fsp3) is 0.462. The Hall–Kier alpha value is -1.64. The van der Waals surface area contributed by atoms with Crippen LogP contribution in [0.2, 0.25) is 0 Å². The number of rotatable bonds is 9. The van der Waals surface area contributed by atoms with Crippen molar-refractivity contribution in [3.63, 3.8) is 0 Å². The zero-order valence-corrected chi connectivity index (χ0v) is 20.1. The van der Waals surface area contributed by atoms with Crippen molar-refractivity contribution in [1.29, 1.82) is 0 Å². The molecule has 28 heavy (non-hydrogen) atoms. The standard InChI is InChI=1S/C26H37NSi/c1-3-5-10-20-12-14-22(15-13-20)26(16-8-7-9-17-26)25-21(19-27)18-24(28)23(25)11-6-4-2/h7-9,12-16H,3-6,10-11,17-19,27H2,1-2,28H3. The summed E-state index contributed by atoms with van der Waals surface area (Å²) >= 11 is 0. The van der Waals surface area contributed by atoms with Crippen molar-refractivity contribution < 1.29 is 0 Å². The van der Waals surface area contributed by atoms with Gasteiger partial charge in [-0.3, -0.25) is 0 Å². The summed E-state index contributed by atoms with van der Waals surface area (Å²) in [6.07, 6.45) is 18.8. The molecule has 2 N–H and O–H groups in total. The maximum Gasteiger partial charge on any atom is 0.0422 e. The maximum atomic E-state index is 6.29. The predicted octanol–water partition coefficient (Wildman–Crippen LogP) is 5.25. The largest absolute Gasteiger partial charge is 0.327 e. The Morgan fingerprint density at radius 2 is 1.71 bits per heavy atom. The van der Waals surface area contributed by atoms with Crippen LogP contribution < -0.4 is 5.73 Å². The molecule has 0 bridgehead atoms. The highest BCUT2D eigenvalue weighted by atomic mass is 28.1. The zero-order chi connectivity index (χ0) is 20.0. The first kappa shape index (κ1) is 21.1. The molecule has 1 unspecified atom stereocenters. The molecule has 0 saturated heterocycles. The van der Waals surface area contributed by atoms with E-state index in [9.17, 15) is 0 Å². The van der Waals surface area contributed by atoms with E-state index in [1.165, 1.54) is 55.2 Å². The van der Waals surface area contributed by atoms with Crippen molar-refractivity contribution >= 4 is 10.2 Å². The molecule has 2 aliphatic carbocycles. The lowest BCUT2D eigenvalue weighted by molar-refractivity contribution is 0.620. The van der Waals surface area contributed by atoms with E-state index >= 15 is 0 Å². The van der Waals surface area contributed by atoms with Crippen LogP contribution in [0.5, 0.6) is 0 Å². The van der Waals surface area contributed by atoms with Crippen LogP contribution in [0.15, 0.2) is 70.5 Å². The highest BCUT2D eigenvalue weighted by Gasteiger charge is 2.39. The minimum absolute atomic E-state index is 0.0397. The van der Waals surface area contributed by atoms with Gasteiger partial charge in [-0.15, -0.1) is 0 Å². The van der Waals surface area contributed by atoms with Gasteiger partial charge in [0.1, 0.15) is 0 Å². The Kier molecular flexibility index (Phi) is 7.31. The van der Waals surface area contributed by atoms with Crippen LogP contribution in [0.4, 0.5) is 0 Å². The Morgan fingerprint density at radius 3 is 2.32 bits per heavy atom. The van der Waals surface area contributed by atoms with E-state index in [1.807, 2.05) is 0 Å². The molecule has 1 aromatic carbocycles. The first-order valence-electron chi connectivity index (χ1n) is 11.2. The smallest absolute Gasteiger partial charge is 0.0422 e. The van der Waals surface area contributed by atoms with Crippen molar-refractivity contribution in [2.45, 2.75) is 70.6 Å². The SMILES string of the molecule is CCCCC1=C([SiH3])CC(CN)=C1C1(c2ccc(CCCC)cc2)C=CC=CC1. The molecule has 0 heterocycles. The fourth-order valence-corrected chi connectivity index (χ4v) is 5.83. The second-order valence-corrected chi connectivity index (χ2v) is 9.69. The number of allylic oxidation sites excluding steroid dienone is 7. The third-order valence-electron chi connectivity index (χ3n) is 6.48. The monoisotopic (exact) mass is 391 g/mol. The summed E-state index contributed by atoms with van der Waals surface area (Å²) in [4.78, 5) is 0. The van der Waals surface area contributed by atoms with Crippen molar-refractivity contribution in [1.82, 2.24) is 0 Å². The summed E-state index contributed by atoms with van der Waals surface area (Å²) in [5.41, 5.74) is 13.8. The highest BCUT2D eigenvalue weighted by molar-refractivity contribution is 6.23. The average Bonchev–Trinajstić information content (AvgIpc) is 3.07. The maximum absolute atomic E-state index is 6.29. The Bertz CT molecular complexity index is 794. The molecule has 0 radical (unpaired) electrons. The fourth-order valence-electron chi connectivity index (χ4n) is 4.91. The van der Waals surface area contributed by atoms with Crippen LogP contribution in [-0.2, 0) is 11.8 Å². The molecule has 1 nitrogen and oxygen atoms in total. The summed E-state index contributed by atoms with van der Waals surface area (Å²) in [6.45, 7) is 5.24. The molecule has 0 saturated carbocycles. The Morgan fingerprint density at radius 1 is 1.00 bits per heavy atom. The molecular formula is C26H37NSi. The molecule has 1 aromatic rings. The van der Waals surface area contributed by atoms with Gasteiger partial charge < -0.3 is 5.73 Å². The van der Waals surface area contributed by atoms with Gasteiger partial charge in [0.05, 0.1) is 0 Å². The van der Waals surface area contributed by atoms with Crippen molar-refractivity contribution in [3.05, 3.63) is 81.6 Å². The molecular weight excluding hydrogens is 354 g/mol. The van der Waals surface area contributed by atoms with Gasteiger partial charge in [-0.1, -0.05) is 80.5 Å². The molecule has 0 fully saturated rings. The Balaban J connectivity index is 2.06. The molecule has 0 spiro atoms. The number of aryl methyl sites for hydroxylation is 1. The van der Waals surface area contributed by atoms with Gasteiger partial charge in [-0.25, -0.2) is 0 Å². The third kappa shape index (κ3) is 4.18. The summed E-state index contributed by atoms with van der Waals surface area (Å²) in [6, 6.07) is 9.48. The number of nitrogens with two attached hydrogens (primary N) is 1. The number of unbranched alkanes of at least 4 members (excludes halogenated alkanes) is 2. The van der Waals surface area contributed by atoms with Crippen LogP contribution in [0, 0.1) is 0 Å². The normalized spacial score (nSPS) is 22.0. The zero-order valence-electron chi connectivity index (χ0n) is 18.1. The second-order valence-electron chi connectivity index (χ2n) is 8.49. The minimum atomic E-state index is -0.0397. The summed E-state index contributed by atoms with van der Waals surface area (Å²) in [5.74, 6) is 0. The topological polar surface area (TPSA) is 26.0 Å². The van der Waals surface area contributed by atoms with Gasteiger partial charge in [-0.05, 0) is 66.4 Å². The van der Waals surface area contributed by atoms with Gasteiger partial charge >= 0.3 is 0 Å². The number of hydrogen-bond acceptors (Lipinski definition) is 1. The van der Waals surface area contributed by atoms with E-state index in [1.54, 1.807) is 16.3 Å². The molecule has 0 aliphatic heterocycles. The van der Waals surface area contributed by atoms with Crippen LogP contribution in [-0.4, -0.2) is 16.8 Å². The molecule has 0 amide bonds. The molecule has 3 rings (SSSR count). The van der Waals surface area contributed by atoms with Crippen LogP contribution in [0.25, 0.3) is 0 Å². The lowest BCUT2D eigenvalue weighted by atomic mass is 9.66. The predicted molar refractivity (Wildman–Crippen MR) is 127 cm³/mol. The van der Waals surface area contributed by atoms with Gasteiger partial charge in [0, 0.05) is 22.2 Å². The Labute approximate surface area is 174 Å². The van der Waals surface area contributed by atoms with Gasteiger partial charge in [-0.2, -0.15) is 0 Å². The molecule has 2 heteroatoms.